The molecule has 0 atom stereocenters. The first-order valence-corrected chi connectivity index (χ1v) is 28.4. The van der Waals surface area contributed by atoms with Crippen LogP contribution in [0.25, 0.3) is 0 Å². The number of aliphatic imine (C=N–C) groups is 2. The third kappa shape index (κ3) is 24.8. The van der Waals surface area contributed by atoms with E-state index in [4.69, 9.17) is 98.6 Å². The summed E-state index contributed by atoms with van der Waals surface area (Å²) in [6.45, 7) is 5.41. The van der Waals surface area contributed by atoms with E-state index in [1.807, 2.05) is 54.6 Å². The van der Waals surface area contributed by atoms with Crippen molar-refractivity contribution in [3.8, 4) is 17.2 Å². The number of rotatable bonds is 19. The highest BCUT2D eigenvalue weighted by Gasteiger charge is 2.18. The zero-order valence-corrected chi connectivity index (χ0v) is 51.6. The first-order valence-electron chi connectivity index (χ1n) is 23.0. The Bertz CT molecular complexity index is 2520. The maximum absolute atomic E-state index is 7.20. The molecule has 24 heteroatoms. The SMILES string of the molecule is Br.Br.C.COc1cccc(CCN)c1.COc1cccc(CCN2CN=C(SCc3cc(Cl)c(Cl)cc3CSC3=NCN(CCc4cccc(OC)c4)CN3)NC2)c1.N=C(N)SCc1cc(Cl)c(Cl)cc1CSC(=N)N. The van der Waals surface area contributed by atoms with Crippen LogP contribution in [-0.2, 0) is 42.3 Å². The summed E-state index contributed by atoms with van der Waals surface area (Å²) < 4.78 is 15.7. The monoisotopic (exact) mass is 1320 g/mol. The third-order valence-corrected chi connectivity index (χ3v) is 16.0. The molecular formula is C52H69Br2Cl4N11O3S4. The summed E-state index contributed by atoms with van der Waals surface area (Å²) in [5.74, 6) is 5.26. The molecule has 76 heavy (non-hydrogen) atoms. The van der Waals surface area contributed by atoms with Gasteiger partial charge in [-0.1, -0.05) is 137 Å². The first kappa shape index (κ1) is 68.9. The summed E-state index contributed by atoms with van der Waals surface area (Å²) in [6, 6.07) is 31.9. The van der Waals surface area contributed by atoms with Gasteiger partial charge in [0.25, 0.3) is 0 Å². The lowest BCUT2D eigenvalue weighted by molar-refractivity contribution is 0.270. The van der Waals surface area contributed by atoms with Crippen molar-refractivity contribution in [3.63, 3.8) is 0 Å². The van der Waals surface area contributed by atoms with Crippen LogP contribution in [0.2, 0.25) is 20.1 Å². The zero-order chi connectivity index (χ0) is 52.5. The number of halogens is 6. The number of ether oxygens (including phenoxy) is 3. The van der Waals surface area contributed by atoms with Gasteiger partial charge in [-0.2, -0.15) is 0 Å². The first-order chi connectivity index (χ1) is 35.2. The number of methoxy groups -OCH3 is 3. The van der Waals surface area contributed by atoms with Gasteiger partial charge in [0.1, 0.15) is 17.2 Å². The van der Waals surface area contributed by atoms with Crippen LogP contribution in [0.1, 0.15) is 46.4 Å². The Kier molecular flexibility index (Phi) is 34.1. The molecule has 0 saturated carbocycles. The second kappa shape index (κ2) is 37.6. The van der Waals surface area contributed by atoms with Crippen LogP contribution in [0.5, 0.6) is 17.2 Å². The van der Waals surface area contributed by atoms with Gasteiger partial charge in [-0.3, -0.25) is 20.6 Å². The summed E-state index contributed by atoms with van der Waals surface area (Å²) in [4.78, 5) is 14.1. The topological polar surface area (TPSA) is 209 Å². The third-order valence-electron chi connectivity index (χ3n) is 11.0. The second-order valence-electron chi connectivity index (χ2n) is 16.2. The molecule has 416 valence electrons. The lowest BCUT2D eigenvalue weighted by atomic mass is 10.1. The van der Waals surface area contributed by atoms with E-state index in [1.165, 1.54) is 40.2 Å². The Hall–Kier alpha value is -3.22. The molecule has 0 bridgehead atoms. The van der Waals surface area contributed by atoms with Crippen LogP contribution in [0, 0.1) is 10.8 Å². The van der Waals surface area contributed by atoms with Crippen molar-refractivity contribution in [2.24, 2.45) is 27.2 Å². The average molecular weight is 1330 g/mol. The molecule has 0 fully saturated rings. The minimum atomic E-state index is 0. The molecular weight excluding hydrogens is 1260 g/mol. The Morgan fingerprint density at radius 2 is 0.882 bits per heavy atom. The summed E-state index contributed by atoms with van der Waals surface area (Å²) >= 11 is 30.6. The van der Waals surface area contributed by atoms with Gasteiger partial charge < -0.3 is 42.0 Å². The predicted molar refractivity (Wildman–Crippen MR) is 342 cm³/mol. The molecule has 7 rings (SSSR count). The summed E-state index contributed by atoms with van der Waals surface area (Å²) in [5.41, 5.74) is 24.0. The minimum Gasteiger partial charge on any atom is -0.497 e. The van der Waals surface area contributed by atoms with Crippen molar-refractivity contribution in [1.82, 2.24) is 20.4 Å². The van der Waals surface area contributed by atoms with Crippen LogP contribution in [0.15, 0.2) is 107 Å². The quantitative estimate of drug-likeness (QED) is 0.0303. The van der Waals surface area contributed by atoms with Crippen LogP contribution in [0.3, 0.4) is 0 Å². The van der Waals surface area contributed by atoms with Crippen LogP contribution < -0.4 is 42.0 Å². The maximum Gasteiger partial charge on any atom is 0.159 e. The van der Waals surface area contributed by atoms with Crippen LogP contribution in [0.4, 0.5) is 0 Å². The van der Waals surface area contributed by atoms with Gasteiger partial charge in [-0.05, 0) is 125 Å². The maximum atomic E-state index is 7.20. The fraction of sp³-hybridized carbons (Fsp3) is 0.346. The average Bonchev–Trinajstić information content (AvgIpc) is 3.40. The molecule has 5 aromatic carbocycles. The van der Waals surface area contributed by atoms with Gasteiger partial charge in [0.05, 0.1) is 68.1 Å². The molecule has 14 nitrogen and oxygen atoms in total. The fourth-order valence-electron chi connectivity index (χ4n) is 7.02. The molecule has 2 heterocycles. The van der Waals surface area contributed by atoms with E-state index in [0.29, 0.717) is 51.5 Å². The Balaban J connectivity index is 0.000000508. The highest BCUT2D eigenvalue weighted by atomic mass is 79.9. The molecule has 0 amide bonds. The summed E-state index contributed by atoms with van der Waals surface area (Å²) in [6.07, 6.45) is 2.81. The van der Waals surface area contributed by atoms with Crippen molar-refractivity contribution in [1.29, 1.82) is 10.8 Å². The van der Waals surface area contributed by atoms with Crippen molar-refractivity contribution < 1.29 is 14.2 Å². The zero-order valence-electron chi connectivity index (χ0n) is 41.8. The molecule has 2 aliphatic heterocycles. The van der Waals surface area contributed by atoms with Crippen molar-refractivity contribution >= 4 is 148 Å². The highest BCUT2D eigenvalue weighted by molar-refractivity contribution is 8.93. The van der Waals surface area contributed by atoms with Gasteiger partial charge in [-0.15, -0.1) is 34.0 Å². The lowest BCUT2D eigenvalue weighted by Crippen LogP contribution is -2.42. The molecule has 10 N–H and O–H groups in total. The van der Waals surface area contributed by atoms with Gasteiger partial charge in [0.15, 0.2) is 20.7 Å². The largest absolute Gasteiger partial charge is 0.497 e. The standard InChI is InChI=1S/C32H38Cl2N6O2S2.C10H12Cl2N4S2.C9H13NO.CH4.2BrH/c1-41-27-7-3-5-23(13-27)9-11-39-19-35-31(36-20-39)43-17-25-15-29(33)30(34)16-26(25)18-44-32-37-21-40(22-38-32)12-10-24-6-4-8-28(14-24)42-2;11-7-1-5(3-17-9(13)14)6(2-8(7)12)4-18-10(15)16;1-11-9-4-2-3-8(7-9)5-6-10;;;/h3-8,13-16H,9-12,17-22H2,1-2H3,(H,35,36)(H,37,38);1-2H,3-4H2,(H3,13,14)(H3,15,16);2-4,7H,5-6,10H2,1H3;1H4;2*1H. The summed E-state index contributed by atoms with van der Waals surface area (Å²) in [7, 11) is 5.06. The minimum absolute atomic E-state index is 0. The summed E-state index contributed by atoms with van der Waals surface area (Å²) in [5, 5.41) is 25.4. The molecule has 5 aromatic rings. The Morgan fingerprint density at radius 3 is 1.17 bits per heavy atom. The van der Waals surface area contributed by atoms with E-state index in [-0.39, 0.29) is 51.7 Å². The molecule has 0 saturated heterocycles. The number of nitrogens with one attached hydrogen (secondary N) is 4. The second-order valence-corrected chi connectivity index (χ2v) is 21.8. The van der Waals surface area contributed by atoms with Crippen molar-refractivity contribution in [3.05, 3.63) is 156 Å². The van der Waals surface area contributed by atoms with Gasteiger partial charge in [-0.25, -0.2) is 9.98 Å². The normalized spacial score (nSPS) is 12.9. The molecule has 2 aliphatic rings. The molecule has 0 radical (unpaired) electrons. The number of thioether (sulfide) groups is 4. The number of benzene rings is 5. The highest BCUT2D eigenvalue weighted by Crippen LogP contribution is 2.32. The van der Waals surface area contributed by atoms with E-state index in [2.05, 4.69) is 50.8 Å². The van der Waals surface area contributed by atoms with Crippen LogP contribution in [-0.4, -0.2) is 98.1 Å². The Labute approximate surface area is 507 Å². The molecule has 0 aromatic heterocycles. The molecule has 0 aliphatic carbocycles. The predicted octanol–water partition coefficient (Wildman–Crippen LogP) is 12.5. The molecule has 0 unspecified atom stereocenters. The van der Waals surface area contributed by atoms with Crippen molar-refractivity contribution in [2.75, 3.05) is 67.6 Å². The number of hydrogen-bond acceptors (Lipinski definition) is 16. The van der Waals surface area contributed by atoms with Gasteiger partial charge >= 0.3 is 0 Å². The van der Waals surface area contributed by atoms with E-state index in [0.717, 1.165) is 107 Å². The van der Waals surface area contributed by atoms with E-state index in [9.17, 15) is 0 Å². The number of hydrogen-bond donors (Lipinski definition) is 7. The van der Waals surface area contributed by atoms with Gasteiger partial charge in [0, 0.05) is 36.1 Å². The lowest BCUT2D eigenvalue weighted by Gasteiger charge is -2.27. The van der Waals surface area contributed by atoms with Crippen molar-refractivity contribution in [2.45, 2.75) is 49.7 Å². The smallest absolute Gasteiger partial charge is 0.159 e. The molecule has 0 spiro atoms. The Morgan fingerprint density at radius 1 is 0.553 bits per heavy atom. The van der Waals surface area contributed by atoms with E-state index >= 15 is 0 Å². The number of nitrogens with zero attached hydrogens (tertiary/aromatic N) is 4. The fourth-order valence-corrected chi connectivity index (χ4v) is 10.7. The van der Waals surface area contributed by atoms with E-state index in [1.54, 1.807) is 57.0 Å². The number of amidine groups is 4. The van der Waals surface area contributed by atoms with Crippen LogP contribution >= 0.6 is 127 Å². The number of nitrogens with two attached hydrogens (primary N) is 3. The van der Waals surface area contributed by atoms with E-state index < -0.39 is 0 Å². The van der Waals surface area contributed by atoms with Gasteiger partial charge in [0.2, 0.25) is 0 Å².